The van der Waals surface area contributed by atoms with E-state index in [2.05, 4.69) is 13.6 Å². The van der Waals surface area contributed by atoms with Gasteiger partial charge in [0, 0.05) is 0 Å². The Labute approximate surface area is 45.4 Å². The fourth-order valence-corrected chi connectivity index (χ4v) is 15.1. The molecule has 0 saturated carbocycles. The van der Waals surface area contributed by atoms with Crippen LogP contribution in [0.2, 0.25) is 20.1 Å². The molecule has 2 fully saturated rings. The van der Waals surface area contributed by atoms with Crippen molar-refractivity contribution in [3.63, 3.8) is 0 Å². The molecule has 2 aliphatic heterocycles. The van der Waals surface area contributed by atoms with E-state index in [4.69, 9.17) is 0 Å². The van der Waals surface area contributed by atoms with Crippen LogP contribution in [-0.2, 0) is 11.6 Å². The van der Waals surface area contributed by atoms with Crippen molar-refractivity contribution in [1.29, 1.82) is 0 Å². The third-order valence-corrected chi connectivity index (χ3v) is 15.3. The monoisotopic (exact) mass is 238 g/mol. The fraction of sp³-hybridized carbons (Fsp3) is 1.00. The maximum atomic E-state index is 3.87. The average Bonchev–Trinajstić information content (AvgIpc) is 2.28. The first-order chi connectivity index (χ1) is 2.71. The Hall–Kier alpha value is 1.10. The van der Waals surface area contributed by atoms with Crippen molar-refractivity contribution in [2.24, 2.45) is 0 Å². The van der Waals surface area contributed by atoms with Gasteiger partial charge in [-0.25, -0.2) is 0 Å². The van der Waals surface area contributed by atoms with Crippen molar-refractivity contribution < 1.29 is 11.6 Å². The van der Waals surface area contributed by atoms with Gasteiger partial charge in [0.05, 0.1) is 0 Å². The molecule has 0 N–H and O–H groups in total. The number of rotatable bonds is 0. The molecular formula is C4H8BrRh. The zero-order valence-electron chi connectivity index (χ0n) is 3.54. The topological polar surface area (TPSA) is 0 Å². The van der Waals surface area contributed by atoms with Crippen LogP contribution in [0, 0.1) is 0 Å². The van der Waals surface area contributed by atoms with Crippen LogP contribution in [0.1, 0.15) is 0 Å². The van der Waals surface area contributed by atoms with Gasteiger partial charge in [-0.2, -0.15) is 0 Å². The second kappa shape index (κ2) is 0.697. The van der Waals surface area contributed by atoms with Crippen LogP contribution < -0.4 is 0 Å². The summed E-state index contributed by atoms with van der Waals surface area (Å²) in [6.07, 6.45) is 0. The van der Waals surface area contributed by atoms with Gasteiger partial charge in [0.2, 0.25) is 0 Å². The average molecular weight is 239 g/mol. The van der Waals surface area contributed by atoms with Gasteiger partial charge in [-0.1, -0.05) is 0 Å². The summed E-state index contributed by atoms with van der Waals surface area (Å²) >= 11 is 2.78. The van der Waals surface area contributed by atoms with Gasteiger partial charge in [-0.3, -0.25) is 0 Å². The van der Waals surface area contributed by atoms with Gasteiger partial charge in [-0.05, 0) is 0 Å². The molecule has 0 aromatic carbocycles. The van der Waals surface area contributed by atoms with Crippen LogP contribution in [-0.4, -0.2) is 0 Å². The van der Waals surface area contributed by atoms with Crippen molar-refractivity contribution >= 4 is 13.6 Å². The molecule has 0 atom stereocenters. The van der Waals surface area contributed by atoms with E-state index in [1.54, 1.807) is 20.1 Å². The van der Waals surface area contributed by atoms with E-state index in [1.807, 2.05) is 0 Å². The van der Waals surface area contributed by atoms with Crippen molar-refractivity contribution in [1.82, 2.24) is 0 Å². The third kappa shape index (κ3) is 0.377. The molecule has 0 radical (unpaired) electrons. The van der Waals surface area contributed by atoms with E-state index < -0.39 is 11.6 Å². The Bertz CT molecular complexity index is 82.6. The second-order valence-electron chi connectivity index (χ2n) is 2.02. The molecule has 0 bridgehead atoms. The van der Waals surface area contributed by atoms with Gasteiger partial charge in [0.25, 0.3) is 0 Å². The summed E-state index contributed by atoms with van der Waals surface area (Å²) in [6, 6.07) is 0. The zero-order chi connectivity index (χ0) is 4.28. The number of hydrogen-bond acceptors (Lipinski definition) is 0. The minimum atomic E-state index is -1.09. The van der Waals surface area contributed by atoms with Crippen molar-refractivity contribution in [3.8, 4) is 0 Å². The summed E-state index contributed by atoms with van der Waals surface area (Å²) in [7, 11) is 0. The Morgan fingerprint density at radius 3 is 1.33 bits per heavy atom. The standard InChI is InChI=1S/2C2H4.BrH.Rh/c2*1-2;;/h2*1-2H2;1H;/q;;;+1/p-1. The zero-order valence-corrected chi connectivity index (χ0v) is 6.76. The first-order valence-corrected chi connectivity index (χ1v) is 10.5. The minimum absolute atomic E-state index is 1.09. The Kier molecular flexibility index (Phi) is 0.468. The SMILES string of the molecule is [Br][Rh]12([CH2][CH2]1)[CH2][CH2]2. The predicted octanol–water partition coefficient (Wildman–Crippen LogP) is 2.69. The van der Waals surface area contributed by atoms with Crippen molar-refractivity contribution in [3.05, 3.63) is 0 Å². The molecule has 0 aromatic rings. The van der Waals surface area contributed by atoms with Gasteiger partial charge in [-0.15, -0.1) is 0 Å². The Morgan fingerprint density at radius 2 is 1.33 bits per heavy atom. The molecule has 40 valence electrons. The van der Waals surface area contributed by atoms with E-state index in [1.165, 1.54) is 0 Å². The van der Waals surface area contributed by atoms with E-state index in [0.29, 0.717) is 0 Å². The van der Waals surface area contributed by atoms with Crippen molar-refractivity contribution in [2.75, 3.05) is 0 Å². The number of hydrogen-bond donors (Lipinski definition) is 0. The molecule has 1 spiro atoms. The fourth-order valence-electron chi connectivity index (χ4n) is 0.532. The van der Waals surface area contributed by atoms with Gasteiger partial charge in [0.1, 0.15) is 0 Å². The van der Waals surface area contributed by atoms with Gasteiger partial charge < -0.3 is 0 Å². The van der Waals surface area contributed by atoms with Crippen LogP contribution >= 0.6 is 13.6 Å². The van der Waals surface area contributed by atoms with Crippen LogP contribution in [0.4, 0.5) is 0 Å². The second-order valence-corrected chi connectivity index (χ2v) is 20.8. The van der Waals surface area contributed by atoms with E-state index in [-0.39, 0.29) is 0 Å². The van der Waals surface area contributed by atoms with E-state index in [9.17, 15) is 0 Å². The van der Waals surface area contributed by atoms with E-state index in [0.717, 1.165) is 0 Å². The molecule has 2 saturated heterocycles. The summed E-state index contributed by atoms with van der Waals surface area (Å²) in [5.74, 6) is 0. The Morgan fingerprint density at radius 1 is 1.00 bits per heavy atom. The molecule has 2 aliphatic rings. The molecule has 2 heterocycles. The quantitative estimate of drug-likeness (QED) is 0.570. The molecule has 0 aromatic heterocycles. The molecule has 2 rings (SSSR count). The Balaban J connectivity index is 2.41. The first-order valence-electron chi connectivity index (χ1n) is 2.07. The normalized spacial score (nSPS) is 49.8. The summed E-state index contributed by atoms with van der Waals surface area (Å²) in [6.45, 7) is 0. The molecule has 2 heteroatoms. The molecule has 6 heavy (non-hydrogen) atoms. The molecule has 0 amide bonds. The van der Waals surface area contributed by atoms with Gasteiger partial charge in [0.15, 0.2) is 0 Å². The molecular weight excluding hydrogens is 231 g/mol. The summed E-state index contributed by atoms with van der Waals surface area (Å²) < 4.78 is 0. The summed E-state index contributed by atoms with van der Waals surface area (Å²) in [5.41, 5.74) is 0. The van der Waals surface area contributed by atoms with Gasteiger partial charge >= 0.3 is 45.3 Å². The van der Waals surface area contributed by atoms with Crippen LogP contribution in [0.5, 0.6) is 0 Å². The maximum absolute atomic E-state index is 3.87. The third-order valence-electron chi connectivity index (χ3n) is 1.53. The molecule has 0 unspecified atom stereocenters. The first kappa shape index (κ1) is 4.03. The van der Waals surface area contributed by atoms with Crippen LogP contribution in [0.25, 0.3) is 0 Å². The van der Waals surface area contributed by atoms with Crippen LogP contribution in [0.3, 0.4) is 0 Å². The molecule has 0 nitrogen and oxygen atoms in total. The van der Waals surface area contributed by atoms with Crippen LogP contribution in [0.15, 0.2) is 0 Å². The molecule has 0 aliphatic carbocycles. The summed E-state index contributed by atoms with van der Waals surface area (Å²) in [4.78, 5) is 0. The summed E-state index contributed by atoms with van der Waals surface area (Å²) in [5, 5.41) is 6.46. The number of halogens is 1. The van der Waals surface area contributed by atoms with Crippen molar-refractivity contribution in [2.45, 2.75) is 20.1 Å². The predicted molar refractivity (Wildman–Crippen MR) is 28.2 cm³/mol. The van der Waals surface area contributed by atoms with E-state index >= 15 is 0 Å².